The zero-order valence-electron chi connectivity index (χ0n) is 11.3. The SMILES string of the molecule is Cn1c(N)c(C(=O)Cn2cnnc2C#N)c(=O)n(C)c1=O. The van der Waals surface area contributed by atoms with Gasteiger partial charge in [0.05, 0.1) is 6.54 Å². The van der Waals surface area contributed by atoms with Crippen molar-refractivity contribution in [1.82, 2.24) is 23.9 Å². The van der Waals surface area contributed by atoms with Crippen LogP contribution in [0.15, 0.2) is 15.9 Å². The average Bonchev–Trinajstić information content (AvgIpc) is 2.90. The molecule has 2 rings (SSSR count). The van der Waals surface area contributed by atoms with Crippen molar-refractivity contribution >= 4 is 11.6 Å². The molecule has 2 heterocycles. The molecule has 0 fully saturated rings. The normalized spacial score (nSPS) is 10.3. The van der Waals surface area contributed by atoms with Crippen LogP contribution in [0.5, 0.6) is 0 Å². The number of rotatable bonds is 3. The van der Waals surface area contributed by atoms with Gasteiger partial charge < -0.3 is 5.73 Å². The zero-order chi connectivity index (χ0) is 15.7. The molecule has 0 aliphatic heterocycles. The number of ketones is 1. The van der Waals surface area contributed by atoms with Crippen molar-refractivity contribution in [2.45, 2.75) is 6.54 Å². The summed E-state index contributed by atoms with van der Waals surface area (Å²) in [5.41, 5.74) is 3.96. The zero-order valence-corrected chi connectivity index (χ0v) is 11.3. The molecular weight excluding hydrogens is 278 g/mol. The van der Waals surface area contributed by atoms with Crippen molar-refractivity contribution in [2.24, 2.45) is 14.1 Å². The number of nitriles is 1. The lowest BCUT2D eigenvalue weighted by Gasteiger charge is -2.10. The van der Waals surface area contributed by atoms with Crippen LogP contribution in [0.4, 0.5) is 5.82 Å². The average molecular weight is 289 g/mol. The van der Waals surface area contributed by atoms with Crippen molar-refractivity contribution < 1.29 is 4.79 Å². The van der Waals surface area contributed by atoms with Crippen LogP contribution < -0.4 is 17.0 Å². The maximum atomic E-state index is 12.2. The lowest BCUT2D eigenvalue weighted by Crippen LogP contribution is -2.42. The highest BCUT2D eigenvalue weighted by molar-refractivity contribution is 5.99. The maximum absolute atomic E-state index is 12.2. The van der Waals surface area contributed by atoms with E-state index < -0.39 is 17.0 Å². The summed E-state index contributed by atoms with van der Waals surface area (Å²) in [6.45, 7) is -0.326. The topological polar surface area (TPSA) is 142 Å². The van der Waals surface area contributed by atoms with Crippen LogP contribution >= 0.6 is 0 Å². The van der Waals surface area contributed by atoms with Gasteiger partial charge in [-0.1, -0.05) is 0 Å². The number of anilines is 1. The Morgan fingerprint density at radius 1 is 1.38 bits per heavy atom. The van der Waals surface area contributed by atoms with Gasteiger partial charge in [0.25, 0.3) is 5.56 Å². The van der Waals surface area contributed by atoms with Crippen molar-refractivity contribution in [3.8, 4) is 6.07 Å². The van der Waals surface area contributed by atoms with Crippen LogP contribution in [-0.2, 0) is 20.6 Å². The molecule has 0 atom stereocenters. The fraction of sp³-hybridized carbons (Fsp3) is 0.273. The van der Waals surface area contributed by atoms with Gasteiger partial charge in [0, 0.05) is 14.1 Å². The summed E-state index contributed by atoms with van der Waals surface area (Å²) in [7, 11) is 2.60. The number of Topliss-reactive ketones (excluding diaryl/α,β-unsaturated/α-hetero) is 1. The number of carbonyl (C=O) groups excluding carboxylic acids is 1. The predicted octanol–water partition coefficient (Wildman–Crippen LogP) is -1.99. The number of carbonyl (C=O) groups is 1. The van der Waals surface area contributed by atoms with Gasteiger partial charge in [-0.25, -0.2) is 4.79 Å². The molecule has 0 bridgehead atoms. The Morgan fingerprint density at radius 3 is 2.67 bits per heavy atom. The van der Waals surface area contributed by atoms with Crippen molar-refractivity contribution in [3.05, 3.63) is 38.6 Å². The number of aromatic nitrogens is 5. The first-order chi connectivity index (χ1) is 9.88. The minimum Gasteiger partial charge on any atom is -0.384 e. The van der Waals surface area contributed by atoms with E-state index in [4.69, 9.17) is 11.0 Å². The molecule has 0 radical (unpaired) electrons. The molecule has 0 amide bonds. The van der Waals surface area contributed by atoms with Crippen molar-refractivity contribution in [1.29, 1.82) is 5.26 Å². The summed E-state index contributed by atoms with van der Waals surface area (Å²) in [6.07, 6.45) is 1.19. The van der Waals surface area contributed by atoms with Crippen LogP contribution in [0.1, 0.15) is 16.2 Å². The largest absolute Gasteiger partial charge is 0.384 e. The quantitative estimate of drug-likeness (QED) is 0.644. The van der Waals surface area contributed by atoms with Gasteiger partial charge in [-0.2, -0.15) is 5.26 Å². The fourth-order valence-electron chi connectivity index (χ4n) is 1.81. The molecule has 0 unspecified atom stereocenters. The lowest BCUT2D eigenvalue weighted by molar-refractivity contribution is 0.0969. The van der Waals surface area contributed by atoms with E-state index in [9.17, 15) is 14.4 Å². The molecule has 0 saturated heterocycles. The van der Waals surface area contributed by atoms with Gasteiger partial charge in [0.2, 0.25) is 5.82 Å². The molecule has 2 aromatic rings. The van der Waals surface area contributed by atoms with Crippen molar-refractivity contribution in [3.63, 3.8) is 0 Å². The summed E-state index contributed by atoms with van der Waals surface area (Å²) >= 11 is 0. The van der Waals surface area contributed by atoms with E-state index in [2.05, 4.69) is 10.2 Å². The molecule has 10 nitrogen and oxygen atoms in total. The number of hydrogen-bond donors (Lipinski definition) is 1. The predicted molar refractivity (Wildman–Crippen MR) is 70.4 cm³/mol. The third-order valence-electron chi connectivity index (χ3n) is 3.02. The fourth-order valence-corrected chi connectivity index (χ4v) is 1.81. The molecule has 0 spiro atoms. The minimum atomic E-state index is -0.785. The van der Waals surface area contributed by atoms with E-state index in [0.717, 1.165) is 9.13 Å². The molecule has 10 heteroatoms. The molecule has 0 saturated carbocycles. The minimum absolute atomic E-state index is 0.0661. The van der Waals surface area contributed by atoms with Gasteiger partial charge in [0.15, 0.2) is 5.78 Å². The summed E-state index contributed by atoms with van der Waals surface area (Å²) in [5, 5.41) is 15.8. The van der Waals surface area contributed by atoms with Gasteiger partial charge in [-0.15, -0.1) is 10.2 Å². The van der Waals surface area contributed by atoms with Crippen LogP contribution in [0.3, 0.4) is 0 Å². The molecule has 0 aliphatic rings. The second-order valence-electron chi connectivity index (χ2n) is 4.28. The Labute approximate surface area is 117 Å². The Balaban J connectivity index is 2.54. The van der Waals surface area contributed by atoms with E-state index in [-0.39, 0.29) is 23.8 Å². The highest BCUT2D eigenvalue weighted by atomic mass is 16.2. The second kappa shape index (κ2) is 5.04. The summed E-state index contributed by atoms with van der Waals surface area (Å²) in [5.74, 6) is -0.928. The third kappa shape index (κ3) is 2.20. The number of nitrogens with zero attached hydrogens (tertiary/aromatic N) is 6. The van der Waals surface area contributed by atoms with Crippen LogP contribution in [0.25, 0.3) is 0 Å². The lowest BCUT2D eigenvalue weighted by atomic mass is 10.2. The second-order valence-corrected chi connectivity index (χ2v) is 4.28. The number of nitrogen functional groups attached to an aromatic ring is 1. The van der Waals surface area contributed by atoms with E-state index in [1.165, 1.54) is 25.0 Å². The first kappa shape index (κ1) is 14.2. The van der Waals surface area contributed by atoms with E-state index in [0.29, 0.717) is 0 Å². The highest BCUT2D eigenvalue weighted by Gasteiger charge is 2.21. The Bertz CT molecular complexity index is 881. The molecule has 108 valence electrons. The van der Waals surface area contributed by atoms with Gasteiger partial charge in [-0.05, 0) is 0 Å². The van der Waals surface area contributed by atoms with Crippen molar-refractivity contribution in [2.75, 3.05) is 5.73 Å². The molecule has 21 heavy (non-hydrogen) atoms. The molecular formula is C11H11N7O3. The van der Waals surface area contributed by atoms with Crippen LogP contribution in [0.2, 0.25) is 0 Å². The first-order valence-corrected chi connectivity index (χ1v) is 5.75. The van der Waals surface area contributed by atoms with E-state index >= 15 is 0 Å². The monoisotopic (exact) mass is 289 g/mol. The van der Waals surface area contributed by atoms with Crippen LogP contribution in [0, 0.1) is 11.3 Å². The molecule has 0 aliphatic carbocycles. The number of hydrogen-bond acceptors (Lipinski definition) is 7. The number of nitrogens with two attached hydrogens (primary N) is 1. The molecule has 2 aromatic heterocycles. The highest BCUT2D eigenvalue weighted by Crippen LogP contribution is 2.06. The molecule has 0 aromatic carbocycles. The van der Waals surface area contributed by atoms with Crippen LogP contribution in [-0.4, -0.2) is 29.7 Å². The summed E-state index contributed by atoms with van der Waals surface area (Å²) in [6, 6.07) is 1.76. The van der Waals surface area contributed by atoms with E-state index in [1.807, 2.05) is 0 Å². The smallest absolute Gasteiger partial charge is 0.332 e. The Hall–Kier alpha value is -3.22. The van der Waals surface area contributed by atoms with Gasteiger partial charge >= 0.3 is 5.69 Å². The van der Waals surface area contributed by atoms with Gasteiger partial charge in [-0.3, -0.25) is 23.3 Å². The Morgan fingerprint density at radius 2 is 2.05 bits per heavy atom. The third-order valence-corrected chi connectivity index (χ3v) is 3.02. The summed E-state index contributed by atoms with van der Waals surface area (Å²) < 4.78 is 2.99. The maximum Gasteiger partial charge on any atom is 0.332 e. The first-order valence-electron chi connectivity index (χ1n) is 5.75. The Kier molecular flexibility index (Phi) is 3.41. The van der Waals surface area contributed by atoms with E-state index in [1.54, 1.807) is 6.07 Å². The standard InChI is InChI=1S/C11H11N7O3/c1-16-9(13)8(10(20)17(2)11(16)21)6(19)4-18-5-14-15-7(18)3-12/h5H,4,13H2,1-2H3. The summed E-state index contributed by atoms with van der Waals surface area (Å²) in [4.78, 5) is 35.9. The molecule has 2 N–H and O–H groups in total. The van der Waals surface area contributed by atoms with Gasteiger partial charge in [0.1, 0.15) is 23.8 Å².